The zero-order chi connectivity index (χ0) is 20.2. The fourth-order valence-electron chi connectivity index (χ4n) is 3.40. The van der Waals surface area contributed by atoms with E-state index in [1.54, 1.807) is 0 Å². The Morgan fingerprint density at radius 2 is 2.00 bits per heavy atom. The summed E-state index contributed by atoms with van der Waals surface area (Å²) in [5, 5.41) is 13.7. The monoisotopic (exact) mass is 397 g/mol. The van der Waals surface area contributed by atoms with Crippen LogP contribution >= 0.6 is 7.60 Å². The number of benzene rings is 1. The molecule has 0 amide bonds. The minimum Gasteiger partial charge on any atom is -0.507 e. The molecule has 4 N–H and O–H groups in total. The Kier molecular flexibility index (Phi) is 7.23. The van der Waals surface area contributed by atoms with Gasteiger partial charge in [-0.15, -0.1) is 0 Å². The highest BCUT2D eigenvalue weighted by Gasteiger charge is 2.30. The summed E-state index contributed by atoms with van der Waals surface area (Å²) >= 11 is 0. The summed E-state index contributed by atoms with van der Waals surface area (Å²) in [7, 11) is -3.99. The van der Waals surface area contributed by atoms with Gasteiger partial charge in [-0.1, -0.05) is 25.5 Å². The molecule has 1 aliphatic heterocycles. The summed E-state index contributed by atoms with van der Waals surface area (Å²) in [6, 6.07) is 0. The van der Waals surface area contributed by atoms with Gasteiger partial charge in [0, 0.05) is 24.2 Å². The van der Waals surface area contributed by atoms with Crippen LogP contribution < -0.4 is 5.32 Å². The molecule has 0 aliphatic carbocycles. The molecule has 0 bridgehead atoms. The minimum absolute atomic E-state index is 0.0103. The molecule has 8 heteroatoms. The molecule has 1 heterocycles. The molecule has 0 radical (unpaired) electrons. The molecule has 0 aromatic heterocycles. The van der Waals surface area contributed by atoms with Crippen molar-refractivity contribution in [3.8, 4) is 5.75 Å². The molecular formula is C19H28NO6P. The van der Waals surface area contributed by atoms with Crippen molar-refractivity contribution in [2.75, 3.05) is 19.3 Å². The van der Waals surface area contributed by atoms with Gasteiger partial charge in [-0.3, -0.25) is 4.57 Å². The van der Waals surface area contributed by atoms with E-state index in [-0.39, 0.29) is 30.6 Å². The fraction of sp³-hybridized carbons (Fsp3) is 0.526. The average molecular weight is 397 g/mol. The molecule has 1 aromatic rings. The second-order valence-electron chi connectivity index (χ2n) is 6.70. The number of fused-ring (bicyclic) bond motifs is 1. The summed E-state index contributed by atoms with van der Waals surface area (Å²) < 4.78 is 16.0. The number of ether oxygens (including phenoxy) is 1. The molecule has 2 rings (SSSR count). The maximum Gasteiger partial charge on any atom is 0.342 e. The Labute approximate surface area is 159 Å². The molecule has 1 aliphatic rings. The third kappa shape index (κ3) is 5.20. The summed E-state index contributed by atoms with van der Waals surface area (Å²) in [4.78, 5) is 29.8. The zero-order valence-electron chi connectivity index (χ0n) is 16.0. The number of aromatic hydroxyl groups is 1. The van der Waals surface area contributed by atoms with Crippen LogP contribution in [-0.4, -0.2) is 40.1 Å². The van der Waals surface area contributed by atoms with Gasteiger partial charge >= 0.3 is 13.6 Å². The van der Waals surface area contributed by atoms with Crippen LogP contribution in [0, 0.1) is 6.92 Å². The number of rotatable bonds is 9. The molecule has 150 valence electrons. The van der Waals surface area contributed by atoms with Gasteiger partial charge in [-0.05, 0) is 37.3 Å². The van der Waals surface area contributed by atoms with Gasteiger partial charge in [-0.25, -0.2) is 4.79 Å². The largest absolute Gasteiger partial charge is 0.507 e. The zero-order valence-corrected chi connectivity index (χ0v) is 16.9. The standard InChI is InChI=1S/C19H28NO6P/c1-4-13(10-20-8-9-27(23,24)25)6-7-15-14(5-2)12(3)16-11-26-19(22)17(16)18(15)21/h6,20-21H,4-5,7-11H2,1-3H3,(H2,23,24,25)/b13-6+. The van der Waals surface area contributed by atoms with Crippen LogP contribution in [0.3, 0.4) is 0 Å². The first-order valence-corrected chi connectivity index (χ1v) is 11.0. The maximum atomic E-state index is 12.0. The number of phenols is 1. The van der Waals surface area contributed by atoms with Crippen LogP contribution in [0.5, 0.6) is 5.75 Å². The van der Waals surface area contributed by atoms with Crippen LogP contribution in [0.4, 0.5) is 0 Å². The van der Waals surface area contributed by atoms with Gasteiger partial charge in [0.25, 0.3) is 0 Å². The van der Waals surface area contributed by atoms with E-state index in [2.05, 4.69) is 5.32 Å². The van der Waals surface area contributed by atoms with Crippen molar-refractivity contribution in [1.29, 1.82) is 0 Å². The highest BCUT2D eigenvalue weighted by Crippen LogP contribution is 2.38. The fourth-order valence-corrected chi connectivity index (χ4v) is 3.85. The molecule has 0 atom stereocenters. The van der Waals surface area contributed by atoms with Crippen LogP contribution in [0.25, 0.3) is 0 Å². The Balaban J connectivity index is 2.19. The molecule has 0 fully saturated rings. The predicted octanol–water partition coefficient (Wildman–Crippen LogP) is 2.58. The quantitative estimate of drug-likeness (QED) is 0.219. The highest BCUT2D eigenvalue weighted by atomic mass is 31.2. The van der Waals surface area contributed by atoms with Gasteiger partial charge in [0.2, 0.25) is 0 Å². The number of carbonyl (C=O) groups excluding carboxylic acids is 1. The Morgan fingerprint density at radius 3 is 2.59 bits per heavy atom. The lowest BCUT2D eigenvalue weighted by atomic mass is 9.89. The molecule has 1 aromatic carbocycles. The number of hydrogen-bond donors (Lipinski definition) is 4. The molecule has 0 unspecified atom stereocenters. The van der Waals surface area contributed by atoms with E-state index in [0.717, 1.165) is 40.7 Å². The number of allylic oxidation sites excluding steroid dienone is 1. The van der Waals surface area contributed by atoms with E-state index in [1.165, 1.54) is 0 Å². The molecular weight excluding hydrogens is 369 g/mol. The first-order valence-electron chi connectivity index (χ1n) is 9.16. The lowest BCUT2D eigenvalue weighted by Crippen LogP contribution is -2.21. The Bertz CT molecular complexity index is 796. The van der Waals surface area contributed by atoms with Gasteiger partial charge in [-0.2, -0.15) is 0 Å². The number of carbonyl (C=O) groups is 1. The Hall–Kier alpha value is -1.66. The number of esters is 1. The summed E-state index contributed by atoms with van der Waals surface area (Å²) in [5.74, 6) is -0.468. The SMILES string of the molecule is CC/C(=C\Cc1c(O)c2c(c(C)c1CC)COC2=O)CNCCP(=O)(O)O. The van der Waals surface area contributed by atoms with Crippen molar-refractivity contribution in [2.24, 2.45) is 0 Å². The van der Waals surface area contributed by atoms with Crippen molar-refractivity contribution in [2.45, 2.75) is 46.6 Å². The molecule has 0 spiro atoms. The van der Waals surface area contributed by atoms with Crippen molar-refractivity contribution in [1.82, 2.24) is 5.32 Å². The van der Waals surface area contributed by atoms with Crippen molar-refractivity contribution in [3.05, 3.63) is 39.5 Å². The van der Waals surface area contributed by atoms with E-state index < -0.39 is 13.6 Å². The third-order valence-electron chi connectivity index (χ3n) is 4.98. The van der Waals surface area contributed by atoms with E-state index in [0.29, 0.717) is 13.0 Å². The van der Waals surface area contributed by atoms with Crippen LogP contribution in [0.2, 0.25) is 0 Å². The number of hydrogen-bond acceptors (Lipinski definition) is 5. The van der Waals surface area contributed by atoms with Crippen LogP contribution in [0.1, 0.15) is 52.9 Å². The summed E-state index contributed by atoms with van der Waals surface area (Å²) in [5.41, 5.74) is 4.91. The number of phenolic OH excluding ortho intramolecular Hbond substituents is 1. The van der Waals surface area contributed by atoms with Gasteiger partial charge < -0.3 is 24.9 Å². The highest BCUT2D eigenvalue weighted by molar-refractivity contribution is 7.51. The third-order valence-corrected chi connectivity index (χ3v) is 5.79. The summed E-state index contributed by atoms with van der Waals surface area (Å²) in [6.07, 6.45) is 3.81. The molecule has 0 saturated carbocycles. The van der Waals surface area contributed by atoms with Crippen LogP contribution in [-0.2, 0) is 28.8 Å². The second-order valence-corrected chi connectivity index (χ2v) is 8.48. The van der Waals surface area contributed by atoms with E-state index >= 15 is 0 Å². The van der Waals surface area contributed by atoms with Crippen molar-refractivity contribution < 1.29 is 29.0 Å². The normalized spacial score (nSPS) is 14.4. The second kappa shape index (κ2) is 9.02. The van der Waals surface area contributed by atoms with E-state index in [1.807, 2.05) is 26.8 Å². The lowest BCUT2D eigenvalue weighted by molar-refractivity contribution is 0.0533. The maximum absolute atomic E-state index is 12.0. The van der Waals surface area contributed by atoms with E-state index in [9.17, 15) is 14.5 Å². The molecule has 27 heavy (non-hydrogen) atoms. The average Bonchev–Trinajstić information content (AvgIpc) is 2.99. The van der Waals surface area contributed by atoms with Gasteiger partial charge in [0.1, 0.15) is 17.9 Å². The smallest absolute Gasteiger partial charge is 0.342 e. The molecule has 7 nitrogen and oxygen atoms in total. The van der Waals surface area contributed by atoms with Gasteiger partial charge in [0.05, 0.1) is 6.16 Å². The van der Waals surface area contributed by atoms with Crippen molar-refractivity contribution >= 4 is 13.6 Å². The van der Waals surface area contributed by atoms with Gasteiger partial charge in [0.15, 0.2) is 0 Å². The number of cyclic esters (lactones) is 1. The lowest BCUT2D eigenvalue weighted by Gasteiger charge is -2.16. The minimum atomic E-state index is -3.99. The van der Waals surface area contributed by atoms with E-state index in [4.69, 9.17) is 14.5 Å². The predicted molar refractivity (Wildman–Crippen MR) is 103 cm³/mol. The topological polar surface area (TPSA) is 116 Å². The first kappa shape index (κ1) is 21.6. The Morgan fingerprint density at radius 1 is 1.30 bits per heavy atom. The van der Waals surface area contributed by atoms with Crippen molar-refractivity contribution in [3.63, 3.8) is 0 Å². The summed E-state index contributed by atoms with van der Waals surface area (Å²) in [6.45, 7) is 6.93. The van der Waals surface area contributed by atoms with Crippen LogP contribution in [0.15, 0.2) is 11.6 Å². The molecule has 0 saturated heterocycles. The first-order chi connectivity index (χ1) is 12.7. The number of nitrogens with one attached hydrogen (secondary N) is 1.